The first-order chi connectivity index (χ1) is 10.6. The van der Waals surface area contributed by atoms with E-state index in [4.69, 9.17) is 22.1 Å². The summed E-state index contributed by atoms with van der Waals surface area (Å²) < 4.78 is 5.58. The van der Waals surface area contributed by atoms with Gasteiger partial charge >= 0.3 is 0 Å². The Balaban J connectivity index is 1.69. The van der Waals surface area contributed by atoms with Crippen molar-refractivity contribution < 1.29 is 9.53 Å². The van der Waals surface area contributed by atoms with Gasteiger partial charge in [0.15, 0.2) is 0 Å². The van der Waals surface area contributed by atoms with Crippen molar-refractivity contribution in [1.29, 1.82) is 0 Å². The second kappa shape index (κ2) is 6.15. The van der Waals surface area contributed by atoms with E-state index in [0.717, 1.165) is 11.4 Å². The lowest BCUT2D eigenvalue weighted by Crippen LogP contribution is -2.38. The van der Waals surface area contributed by atoms with Gasteiger partial charge in [-0.05, 0) is 36.4 Å². The van der Waals surface area contributed by atoms with E-state index in [9.17, 15) is 4.79 Å². The molecule has 1 aliphatic heterocycles. The zero-order valence-electron chi connectivity index (χ0n) is 11.9. The lowest BCUT2D eigenvalue weighted by molar-refractivity contribution is -0.115. The number of carbonyl (C=O) groups excluding carboxylic acids is 1. The van der Waals surface area contributed by atoms with E-state index in [1.54, 1.807) is 36.4 Å². The number of hydrogen-bond acceptors (Lipinski definition) is 4. The predicted molar refractivity (Wildman–Crippen MR) is 88.6 cm³/mol. The molecule has 0 aliphatic carbocycles. The first kappa shape index (κ1) is 14.5. The molecule has 2 aromatic carbocycles. The summed E-state index contributed by atoms with van der Waals surface area (Å²) >= 11 is 5.83. The maximum Gasteiger partial charge on any atom is 0.243 e. The van der Waals surface area contributed by atoms with Gasteiger partial charge < -0.3 is 20.7 Å². The van der Waals surface area contributed by atoms with Crippen LogP contribution >= 0.6 is 11.6 Å². The Morgan fingerprint density at radius 3 is 2.82 bits per heavy atom. The molecular weight excluding hydrogens is 302 g/mol. The summed E-state index contributed by atoms with van der Waals surface area (Å²) in [5, 5.41) is 3.49. The van der Waals surface area contributed by atoms with E-state index in [1.165, 1.54) is 0 Å². The Hall–Kier alpha value is -2.40. The van der Waals surface area contributed by atoms with Gasteiger partial charge in [-0.25, -0.2) is 0 Å². The maximum absolute atomic E-state index is 12.2. The number of hydrogen-bond donors (Lipinski definition) is 2. The van der Waals surface area contributed by atoms with Gasteiger partial charge in [0.05, 0.1) is 18.8 Å². The Morgan fingerprint density at radius 2 is 2.05 bits per heavy atom. The molecule has 3 rings (SSSR count). The molecule has 114 valence electrons. The Labute approximate surface area is 133 Å². The molecule has 1 heterocycles. The Kier molecular flexibility index (Phi) is 4.06. The largest absolute Gasteiger partial charge is 0.489 e. The lowest BCUT2D eigenvalue weighted by atomic mass is 10.2. The second-order valence-corrected chi connectivity index (χ2v) is 5.49. The monoisotopic (exact) mass is 317 g/mol. The van der Waals surface area contributed by atoms with Crippen LogP contribution in [-0.4, -0.2) is 25.6 Å². The smallest absolute Gasteiger partial charge is 0.243 e. The molecule has 1 amide bonds. The van der Waals surface area contributed by atoms with Crippen molar-refractivity contribution in [3.63, 3.8) is 0 Å². The number of amides is 1. The molecule has 1 aliphatic rings. The summed E-state index contributed by atoms with van der Waals surface area (Å²) in [6, 6.07) is 12.5. The number of halogens is 1. The second-order valence-electron chi connectivity index (χ2n) is 5.05. The van der Waals surface area contributed by atoms with Crippen molar-refractivity contribution in [3.05, 3.63) is 47.5 Å². The normalized spacial score (nSPS) is 13.2. The third-order valence-corrected chi connectivity index (χ3v) is 3.66. The maximum atomic E-state index is 12.2. The number of nitrogens with zero attached hydrogens (tertiary/aromatic N) is 1. The van der Waals surface area contributed by atoms with Crippen molar-refractivity contribution in [1.82, 2.24) is 0 Å². The van der Waals surface area contributed by atoms with Gasteiger partial charge in [-0.3, -0.25) is 4.79 Å². The van der Waals surface area contributed by atoms with Gasteiger partial charge in [0, 0.05) is 22.5 Å². The zero-order chi connectivity index (χ0) is 15.5. The fourth-order valence-electron chi connectivity index (χ4n) is 2.37. The van der Waals surface area contributed by atoms with Crippen molar-refractivity contribution >= 4 is 34.6 Å². The van der Waals surface area contributed by atoms with Crippen molar-refractivity contribution in [2.75, 3.05) is 35.6 Å². The van der Waals surface area contributed by atoms with Crippen LogP contribution in [0.3, 0.4) is 0 Å². The summed E-state index contributed by atoms with van der Waals surface area (Å²) in [6.45, 7) is 1.44. The highest BCUT2D eigenvalue weighted by atomic mass is 35.5. The highest BCUT2D eigenvalue weighted by molar-refractivity contribution is 6.30. The molecule has 0 unspecified atom stereocenters. The minimum Gasteiger partial charge on any atom is -0.489 e. The van der Waals surface area contributed by atoms with Crippen LogP contribution in [0, 0.1) is 0 Å². The van der Waals surface area contributed by atoms with Crippen molar-refractivity contribution in [2.24, 2.45) is 0 Å². The van der Waals surface area contributed by atoms with Crippen LogP contribution in [0.1, 0.15) is 0 Å². The molecule has 6 heteroatoms. The molecule has 0 saturated carbocycles. The van der Waals surface area contributed by atoms with Crippen LogP contribution in [0.25, 0.3) is 0 Å². The molecule has 0 radical (unpaired) electrons. The van der Waals surface area contributed by atoms with E-state index >= 15 is 0 Å². The quantitative estimate of drug-likeness (QED) is 0.854. The van der Waals surface area contributed by atoms with Crippen LogP contribution in [0.15, 0.2) is 42.5 Å². The number of benzene rings is 2. The van der Waals surface area contributed by atoms with Gasteiger partial charge in [0.25, 0.3) is 0 Å². The molecule has 2 aromatic rings. The van der Waals surface area contributed by atoms with Crippen LogP contribution < -0.4 is 20.7 Å². The van der Waals surface area contributed by atoms with E-state index in [-0.39, 0.29) is 12.5 Å². The van der Waals surface area contributed by atoms with Crippen LogP contribution in [-0.2, 0) is 4.79 Å². The summed E-state index contributed by atoms with van der Waals surface area (Å²) in [5.74, 6) is 0.623. The lowest BCUT2D eigenvalue weighted by Gasteiger charge is -2.30. The molecule has 0 spiro atoms. The van der Waals surface area contributed by atoms with Crippen LogP contribution in [0.5, 0.6) is 5.75 Å². The third-order valence-electron chi connectivity index (χ3n) is 3.41. The van der Waals surface area contributed by atoms with E-state index in [1.807, 2.05) is 11.0 Å². The van der Waals surface area contributed by atoms with Gasteiger partial charge in [-0.15, -0.1) is 0 Å². The minimum absolute atomic E-state index is 0.0907. The number of ether oxygens (including phenoxy) is 1. The number of nitrogens with one attached hydrogen (secondary N) is 1. The molecule has 0 saturated heterocycles. The SMILES string of the molecule is Nc1ccc2c(c1)OCCN2CC(=O)Nc1ccc(Cl)cc1. The molecular formula is C16H16ClN3O2. The number of carbonyl (C=O) groups is 1. The van der Waals surface area contributed by atoms with E-state index in [0.29, 0.717) is 29.6 Å². The molecule has 0 aromatic heterocycles. The molecule has 0 atom stereocenters. The Morgan fingerprint density at radius 1 is 1.27 bits per heavy atom. The van der Waals surface area contributed by atoms with Gasteiger partial charge in [0.2, 0.25) is 5.91 Å². The molecule has 22 heavy (non-hydrogen) atoms. The Bertz CT molecular complexity index is 688. The minimum atomic E-state index is -0.0907. The molecule has 0 fully saturated rings. The molecule has 0 bridgehead atoms. The summed E-state index contributed by atoms with van der Waals surface area (Å²) in [4.78, 5) is 14.2. The first-order valence-electron chi connectivity index (χ1n) is 6.94. The zero-order valence-corrected chi connectivity index (χ0v) is 12.6. The number of fused-ring (bicyclic) bond motifs is 1. The standard InChI is InChI=1S/C16H16ClN3O2/c17-11-1-4-13(5-2-11)19-16(21)10-20-7-8-22-15-9-12(18)3-6-14(15)20/h1-6,9H,7-8,10,18H2,(H,19,21). The van der Waals surface area contributed by atoms with E-state index < -0.39 is 0 Å². The number of nitrogens with two attached hydrogens (primary N) is 1. The molecule has 3 N–H and O–H groups in total. The van der Waals surface area contributed by atoms with E-state index in [2.05, 4.69) is 5.32 Å². The summed E-state index contributed by atoms with van der Waals surface area (Å²) in [7, 11) is 0. The van der Waals surface area contributed by atoms with Gasteiger partial charge in [0.1, 0.15) is 12.4 Å². The topological polar surface area (TPSA) is 67.6 Å². The van der Waals surface area contributed by atoms with Crippen molar-refractivity contribution in [2.45, 2.75) is 0 Å². The highest BCUT2D eigenvalue weighted by Gasteiger charge is 2.20. The number of anilines is 3. The van der Waals surface area contributed by atoms with Crippen LogP contribution in [0.2, 0.25) is 5.02 Å². The number of rotatable bonds is 3. The third kappa shape index (κ3) is 3.26. The fraction of sp³-hybridized carbons (Fsp3) is 0.188. The summed E-state index contributed by atoms with van der Waals surface area (Å²) in [5.41, 5.74) is 8.00. The van der Waals surface area contributed by atoms with Gasteiger partial charge in [-0.2, -0.15) is 0 Å². The van der Waals surface area contributed by atoms with Crippen LogP contribution in [0.4, 0.5) is 17.1 Å². The average molecular weight is 318 g/mol. The highest BCUT2D eigenvalue weighted by Crippen LogP contribution is 2.33. The molecule has 5 nitrogen and oxygen atoms in total. The first-order valence-corrected chi connectivity index (χ1v) is 7.32. The fourth-order valence-corrected chi connectivity index (χ4v) is 2.49. The van der Waals surface area contributed by atoms with Crippen molar-refractivity contribution in [3.8, 4) is 5.75 Å². The van der Waals surface area contributed by atoms with Gasteiger partial charge in [-0.1, -0.05) is 11.6 Å². The summed E-state index contributed by atoms with van der Waals surface area (Å²) in [6.07, 6.45) is 0. The number of nitrogen functional groups attached to an aromatic ring is 1. The predicted octanol–water partition coefficient (Wildman–Crippen LogP) is 2.76. The average Bonchev–Trinajstić information content (AvgIpc) is 2.49.